The van der Waals surface area contributed by atoms with Gasteiger partial charge in [0.1, 0.15) is 18.7 Å². The van der Waals surface area contributed by atoms with Crippen molar-refractivity contribution in [3.63, 3.8) is 0 Å². The highest BCUT2D eigenvalue weighted by atomic mass is 16.5. The van der Waals surface area contributed by atoms with Gasteiger partial charge in [-0.3, -0.25) is 9.59 Å². The molecule has 0 heterocycles. The molecule has 0 bridgehead atoms. The molecular formula is C34H32N2O6. The lowest BCUT2D eigenvalue weighted by molar-refractivity contribution is -0.145. The average Bonchev–Trinajstić information content (AvgIpc) is 3.04. The highest BCUT2D eigenvalue weighted by Crippen LogP contribution is 2.13. The van der Waals surface area contributed by atoms with Gasteiger partial charge in [-0.05, 0) is 16.7 Å². The van der Waals surface area contributed by atoms with Gasteiger partial charge < -0.3 is 20.1 Å². The molecule has 0 fully saturated rings. The Labute approximate surface area is 244 Å². The number of ketones is 1. The Morgan fingerprint density at radius 1 is 0.595 bits per heavy atom. The van der Waals surface area contributed by atoms with Gasteiger partial charge in [0, 0.05) is 24.0 Å². The largest absolute Gasteiger partial charge is 0.467 e. The molecular weight excluding hydrogens is 532 g/mol. The number of benzene rings is 4. The third-order valence-corrected chi connectivity index (χ3v) is 6.60. The zero-order valence-electron chi connectivity index (χ0n) is 23.2. The van der Waals surface area contributed by atoms with Gasteiger partial charge in [0.25, 0.3) is 0 Å². The molecule has 2 N–H and O–H groups in total. The zero-order valence-corrected chi connectivity index (χ0v) is 23.2. The van der Waals surface area contributed by atoms with E-state index in [-0.39, 0.29) is 25.2 Å². The smallest absolute Gasteiger partial charge is 0.408 e. The topological polar surface area (TPSA) is 111 Å². The van der Waals surface area contributed by atoms with Gasteiger partial charge in [-0.2, -0.15) is 0 Å². The van der Waals surface area contributed by atoms with Crippen LogP contribution in [0.3, 0.4) is 0 Å². The van der Waals surface area contributed by atoms with E-state index in [1.807, 2.05) is 66.7 Å². The van der Waals surface area contributed by atoms with Crippen LogP contribution in [0.4, 0.5) is 4.79 Å². The van der Waals surface area contributed by atoms with E-state index in [4.69, 9.17) is 9.47 Å². The molecule has 214 valence electrons. The molecule has 0 radical (unpaired) electrons. The van der Waals surface area contributed by atoms with Crippen LogP contribution in [0.25, 0.3) is 0 Å². The number of ether oxygens (including phenoxy) is 2. The SMILES string of the molecule is COC(=O)[C@@H](Cc1ccc(C(=O)c2ccccc2)cc1)NC(=O)[C@@H](Cc1ccccc1)NC(=O)OCc1ccccc1. The molecule has 0 spiro atoms. The quantitative estimate of drug-likeness (QED) is 0.191. The van der Waals surface area contributed by atoms with Crippen molar-refractivity contribution < 1.29 is 28.7 Å². The molecule has 42 heavy (non-hydrogen) atoms. The van der Waals surface area contributed by atoms with Gasteiger partial charge in [-0.25, -0.2) is 9.59 Å². The van der Waals surface area contributed by atoms with Crippen molar-refractivity contribution in [1.29, 1.82) is 0 Å². The lowest BCUT2D eigenvalue weighted by atomic mass is 9.99. The summed E-state index contributed by atoms with van der Waals surface area (Å²) in [5.74, 6) is -1.33. The Morgan fingerprint density at radius 2 is 1.10 bits per heavy atom. The summed E-state index contributed by atoms with van der Waals surface area (Å²) < 4.78 is 10.3. The monoisotopic (exact) mass is 564 g/mol. The van der Waals surface area contributed by atoms with Gasteiger partial charge in [0.05, 0.1) is 7.11 Å². The van der Waals surface area contributed by atoms with Crippen LogP contribution in [0.2, 0.25) is 0 Å². The van der Waals surface area contributed by atoms with E-state index in [0.29, 0.717) is 16.7 Å². The number of carbonyl (C=O) groups is 4. The molecule has 8 nitrogen and oxygen atoms in total. The second kappa shape index (κ2) is 14.9. The molecule has 0 unspecified atom stereocenters. The van der Waals surface area contributed by atoms with E-state index in [0.717, 1.165) is 11.1 Å². The minimum Gasteiger partial charge on any atom is -0.467 e. The second-order valence-corrected chi connectivity index (χ2v) is 9.63. The van der Waals surface area contributed by atoms with Crippen LogP contribution in [0.15, 0.2) is 115 Å². The molecule has 0 saturated carbocycles. The Balaban J connectivity index is 1.44. The van der Waals surface area contributed by atoms with E-state index in [1.54, 1.807) is 48.5 Å². The molecule has 4 aromatic rings. The fourth-order valence-corrected chi connectivity index (χ4v) is 4.36. The van der Waals surface area contributed by atoms with Crippen LogP contribution in [0, 0.1) is 0 Å². The maximum absolute atomic E-state index is 13.4. The third kappa shape index (κ3) is 8.63. The van der Waals surface area contributed by atoms with Crippen LogP contribution in [0.1, 0.15) is 32.6 Å². The fourth-order valence-electron chi connectivity index (χ4n) is 4.36. The summed E-state index contributed by atoms with van der Waals surface area (Å²) in [5.41, 5.74) is 3.41. The van der Waals surface area contributed by atoms with Crippen molar-refractivity contribution in [3.8, 4) is 0 Å². The summed E-state index contributed by atoms with van der Waals surface area (Å²) in [7, 11) is 1.24. The normalized spacial score (nSPS) is 11.9. The molecule has 8 heteroatoms. The van der Waals surface area contributed by atoms with Crippen LogP contribution in [-0.4, -0.2) is 42.9 Å². The van der Waals surface area contributed by atoms with Crippen LogP contribution in [-0.2, 0) is 38.5 Å². The molecule has 0 aliphatic rings. The first-order valence-corrected chi connectivity index (χ1v) is 13.5. The summed E-state index contributed by atoms with van der Waals surface area (Å²) in [6.45, 7) is 0.0416. The Kier molecular flexibility index (Phi) is 10.6. The first kappa shape index (κ1) is 29.7. The number of amides is 2. The Bertz CT molecular complexity index is 1480. The number of carbonyl (C=O) groups excluding carboxylic acids is 4. The third-order valence-electron chi connectivity index (χ3n) is 6.60. The number of methoxy groups -OCH3 is 1. The summed E-state index contributed by atoms with van der Waals surface area (Å²) in [6.07, 6.45) is -0.463. The summed E-state index contributed by atoms with van der Waals surface area (Å²) >= 11 is 0. The average molecular weight is 565 g/mol. The Hall–Kier alpha value is -5.24. The molecule has 0 aliphatic heterocycles. The maximum atomic E-state index is 13.4. The number of esters is 1. The predicted octanol–water partition coefficient (Wildman–Crippen LogP) is 4.66. The summed E-state index contributed by atoms with van der Waals surface area (Å²) in [6, 6.07) is 32.1. The van der Waals surface area contributed by atoms with E-state index in [9.17, 15) is 19.2 Å². The van der Waals surface area contributed by atoms with E-state index < -0.39 is 30.1 Å². The zero-order chi connectivity index (χ0) is 29.7. The molecule has 0 saturated heterocycles. The first-order valence-electron chi connectivity index (χ1n) is 13.5. The van der Waals surface area contributed by atoms with Crippen molar-refractivity contribution in [2.75, 3.05) is 7.11 Å². The predicted molar refractivity (Wildman–Crippen MR) is 158 cm³/mol. The van der Waals surface area contributed by atoms with Gasteiger partial charge in [-0.15, -0.1) is 0 Å². The van der Waals surface area contributed by atoms with Crippen molar-refractivity contribution >= 4 is 23.8 Å². The van der Waals surface area contributed by atoms with E-state index in [1.165, 1.54) is 7.11 Å². The molecule has 0 aromatic heterocycles. The molecule has 2 amide bonds. The second-order valence-electron chi connectivity index (χ2n) is 9.63. The highest BCUT2D eigenvalue weighted by molar-refractivity contribution is 6.08. The van der Waals surface area contributed by atoms with Crippen molar-refractivity contribution in [2.24, 2.45) is 0 Å². The number of rotatable bonds is 12. The number of hydrogen-bond acceptors (Lipinski definition) is 6. The molecule has 4 rings (SSSR count). The fraction of sp³-hybridized carbons (Fsp3) is 0.176. The molecule has 4 aromatic carbocycles. The maximum Gasteiger partial charge on any atom is 0.408 e. The van der Waals surface area contributed by atoms with Crippen LogP contribution >= 0.6 is 0 Å². The van der Waals surface area contributed by atoms with Gasteiger partial charge in [0.2, 0.25) is 5.91 Å². The number of nitrogens with one attached hydrogen (secondary N) is 2. The van der Waals surface area contributed by atoms with Crippen LogP contribution < -0.4 is 10.6 Å². The molecule has 0 aliphatic carbocycles. The van der Waals surface area contributed by atoms with Gasteiger partial charge in [-0.1, -0.05) is 115 Å². The van der Waals surface area contributed by atoms with Gasteiger partial charge >= 0.3 is 12.1 Å². The summed E-state index contributed by atoms with van der Waals surface area (Å²) in [4.78, 5) is 51.5. The van der Waals surface area contributed by atoms with Gasteiger partial charge in [0.15, 0.2) is 5.78 Å². The highest BCUT2D eigenvalue weighted by Gasteiger charge is 2.28. The lowest BCUT2D eigenvalue weighted by Gasteiger charge is -2.22. The van der Waals surface area contributed by atoms with E-state index >= 15 is 0 Å². The summed E-state index contributed by atoms with van der Waals surface area (Å²) in [5, 5.41) is 5.36. The van der Waals surface area contributed by atoms with E-state index in [2.05, 4.69) is 10.6 Å². The van der Waals surface area contributed by atoms with Crippen molar-refractivity contribution in [3.05, 3.63) is 143 Å². The standard InChI is InChI=1S/C34H32N2O6/c1-41-33(39)30(22-25-17-19-28(20-18-25)31(37)27-15-9-4-10-16-27)35-32(38)29(21-24-11-5-2-6-12-24)36-34(40)42-23-26-13-7-3-8-14-26/h2-20,29-30H,21-23H2,1H3,(H,35,38)(H,36,40)/t29-,30-/m1/s1. The van der Waals surface area contributed by atoms with Crippen molar-refractivity contribution in [1.82, 2.24) is 10.6 Å². The lowest BCUT2D eigenvalue weighted by Crippen LogP contribution is -2.53. The van der Waals surface area contributed by atoms with Crippen molar-refractivity contribution in [2.45, 2.75) is 31.5 Å². The number of alkyl carbamates (subject to hydrolysis) is 1. The molecule has 2 atom stereocenters. The first-order chi connectivity index (χ1) is 20.4. The van der Waals surface area contributed by atoms with Crippen LogP contribution in [0.5, 0.6) is 0 Å². The minimum absolute atomic E-state index is 0.0416. The number of hydrogen-bond donors (Lipinski definition) is 2. The Morgan fingerprint density at radius 3 is 1.69 bits per heavy atom. The minimum atomic E-state index is -1.03.